The smallest absolute Gasteiger partial charge is 0.419 e. The third-order valence-electron chi connectivity index (χ3n) is 3.41. The van der Waals surface area contributed by atoms with Gasteiger partial charge in [0.05, 0.1) is 11.2 Å². The van der Waals surface area contributed by atoms with Crippen molar-refractivity contribution < 1.29 is 9.53 Å². The summed E-state index contributed by atoms with van der Waals surface area (Å²) in [5.41, 5.74) is 2.08. The fourth-order valence-electron chi connectivity index (χ4n) is 2.50. The van der Waals surface area contributed by atoms with Crippen molar-refractivity contribution in [1.29, 1.82) is 0 Å². The Labute approximate surface area is 144 Å². The second-order valence-corrected chi connectivity index (χ2v) is 7.33. The van der Waals surface area contributed by atoms with Gasteiger partial charge in [-0.2, -0.15) is 0 Å². The third-order valence-corrected chi connectivity index (χ3v) is 3.91. The van der Waals surface area contributed by atoms with E-state index in [2.05, 4.69) is 15.9 Å². The van der Waals surface area contributed by atoms with Crippen LogP contribution in [-0.2, 0) is 4.74 Å². The highest BCUT2D eigenvalue weighted by atomic mass is 79.9. The highest BCUT2D eigenvalue weighted by Crippen LogP contribution is 2.31. The van der Waals surface area contributed by atoms with Gasteiger partial charge in [0, 0.05) is 9.86 Å². The average molecular weight is 372 g/mol. The number of rotatable bonds is 1. The molecule has 0 fully saturated rings. The summed E-state index contributed by atoms with van der Waals surface area (Å²) in [6, 6.07) is 17.8. The van der Waals surface area contributed by atoms with Gasteiger partial charge in [-0.3, -0.25) is 0 Å². The summed E-state index contributed by atoms with van der Waals surface area (Å²) in [6.45, 7) is 5.61. The molecule has 3 rings (SSSR count). The van der Waals surface area contributed by atoms with E-state index in [1.54, 1.807) is 4.57 Å². The Bertz CT molecular complexity index is 860. The molecular weight excluding hydrogens is 354 g/mol. The predicted octanol–water partition coefficient (Wildman–Crippen LogP) is 5.85. The lowest BCUT2D eigenvalue weighted by Gasteiger charge is -2.21. The zero-order chi connectivity index (χ0) is 16.6. The fraction of sp³-hybridized carbons (Fsp3) is 0.211. The van der Waals surface area contributed by atoms with Gasteiger partial charge >= 0.3 is 6.09 Å². The molecule has 3 aromatic rings. The summed E-state index contributed by atoms with van der Waals surface area (Å²) in [5.74, 6) is 0. The van der Waals surface area contributed by atoms with Gasteiger partial charge in [0.2, 0.25) is 0 Å². The third kappa shape index (κ3) is 3.32. The molecule has 118 valence electrons. The molecule has 2 aromatic carbocycles. The molecule has 0 radical (unpaired) electrons. The minimum absolute atomic E-state index is 0.371. The first-order valence-corrected chi connectivity index (χ1v) is 8.24. The molecule has 0 aliphatic carbocycles. The van der Waals surface area contributed by atoms with E-state index in [9.17, 15) is 4.79 Å². The molecule has 0 saturated carbocycles. The summed E-state index contributed by atoms with van der Waals surface area (Å²) in [5, 5.41) is 0.998. The van der Waals surface area contributed by atoms with Crippen LogP contribution in [0.25, 0.3) is 22.2 Å². The largest absolute Gasteiger partial charge is 0.443 e. The molecule has 0 aliphatic heterocycles. The Kier molecular flexibility index (Phi) is 4.02. The number of carbonyl (C=O) groups excluding carboxylic acids is 1. The number of hydrogen-bond donors (Lipinski definition) is 0. The van der Waals surface area contributed by atoms with Crippen molar-refractivity contribution in [2.45, 2.75) is 26.4 Å². The minimum atomic E-state index is -0.548. The summed E-state index contributed by atoms with van der Waals surface area (Å²) in [6.07, 6.45) is -0.371. The zero-order valence-corrected chi connectivity index (χ0v) is 14.9. The molecule has 3 nitrogen and oxygen atoms in total. The van der Waals surface area contributed by atoms with Crippen molar-refractivity contribution in [2.24, 2.45) is 0 Å². The van der Waals surface area contributed by atoms with Gasteiger partial charge in [-0.1, -0.05) is 52.3 Å². The monoisotopic (exact) mass is 371 g/mol. The molecule has 0 saturated heterocycles. The van der Waals surface area contributed by atoms with Crippen LogP contribution >= 0.6 is 15.9 Å². The molecule has 0 bridgehead atoms. The first-order chi connectivity index (χ1) is 10.8. The maximum Gasteiger partial charge on any atom is 0.419 e. The molecule has 0 spiro atoms. The molecular formula is C19H18BrNO2. The van der Waals surface area contributed by atoms with Crippen molar-refractivity contribution in [3.8, 4) is 11.3 Å². The molecule has 23 heavy (non-hydrogen) atoms. The first kappa shape index (κ1) is 15.8. The van der Waals surface area contributed by atoms with Gasteiger partial charge in [0.25, 0.3) is 0 Å². The lowest BCUT2D eigenvalue weighted by molar-refractivity contribution is 0.0547. The van der Waals surface area contributed by atoms with E-state index in [0.717, 1.165) is 26.6 Å². The number of halogens is 1. The molecule has 1 aromatic heterocycles. The van der Waals surface area contributed by atoms with E-state index in [-0.39, 0.29) is 6.09 Å². The Morgan fingerprint density at radius 3 is 2.39 bits per heavy atom. The van der Waals surface area contributed by atoms with Crippen LogP contribution in [0.1, 0.15) is 20.8 Å². The molecule has 1 heterocycles. The molecule has 0 amide bonds. The van der Waals surface area contributed by atoms with Gasteiger partial charge in [-0.25, -0.2) is 9.36 Å². The molecule has 0 atom stereocenters. The van der Waals surface area contributed by atoms with E-state index >= 15 is 0 Å². The normalized spacial score (nSPS) is 11.7. The lowest BCUT2D eigenvalue weighted by atomic mass is 10.1. The molecule has 0 N–H and O–H groups in total. The Balaban J connectivity index is 2.23. The molecule has 0 unspecified atom stereocenters. The van der Waals surface area contributed by atoms with Crippen molar-refractivity contribution in [2.75, 3.05) is 0 Å². The van der Waals surface area contributed by atoms with Crippen molar-refractivity contribution in [3.05, 3.63) is 59.1 Å². The zero-order valence-electron chi connectivity index (χ0n) is 13.3. The summed E-state index contributed by atoms with van der Waals surface area (Å²) < 4.78 is 8.16. The second-order valence-electron chi connectivity index (χ2n) is 6.41. The van der Waals surface area contributed by atoms with Crippen LogP contribution in [0.4, 0.5) is 4.79 Å². The van der Waals surface area contributed by atoms with E-state index in [1.807, 2.05) is 75.4 Å². The van der Waals surface area contributed by atoms with Crippen molar-refractivity contribution >= 4 is 32.9 Å². The summed E-state index contributed by atoms with van der Waals surface area (Å²) >= 11 is 3.48. The summed E-state index contributed by atoms with van der Waals surface area (Å²) in [7, 11) is 0. The van der Waals surface area contributed by atoms with Crippen LogP contribution in [0.5, 0.6) is 0 Å². The summed E-state index contributed by atoms with van der Waals surface area (Å²) in [4.78, 5) is 12.8. The van der Waals surface area contributed by atoms with Crippen LogP contribution in [0, 0.1) is 0 Å². The molecule has 4 heteroatoms. The Hall–Kier alpha value is -2.07. The second kappa shape index (κ2) is 5.85. The van der Waals surface area contributed by atoms with Crippen LogP contribution < -0.4 is 0 Å². The number of ether oxygens (including phenoxy) is 1. The van der Waals surface area contributed by atoms with E-state index in [4.69, 9.17) is 4.74 Å². The van der Waals surface area contributed by atoms with Gasteiger partial charge < -0.3 is 4.74 Å². The van der Waals surface area contributed by atoms with Crippen molar-refractivity contribution in [3.63, 3.8) is 0 Å². The highest BCUT2D eigenvalue weighted by Gasteiger charge is 2.22. The number of carbonyl (C=O) groups is 1. The minimum Gasteiger partial charge on any atom is -0.443 e. The van der Waals surface area contributed by atoms with Crippen LogP contribution in [0.2, 0.25) is 0 Å². The number of fused-ring (bicyclic) bond motifs is 1. The van der Waals surface area contributed by atoms with Gasteiger partial charge in [0.15, 0.2) is 0 Å². The molecule has 0 aliphatic rings. The fourth-order valence-corrected chi connectivity index (χ4v) is 2.85. The first-order valence-electron chi connectivity index (χ1n) is 7.45. The van der Waals surface area contributed by atoms with Crippen LogP contribution in [-0.4, -0.2) is 16.3 Å². The SMILES string of the molecule is CC(C)(C)OC(=O)n1c(-c2ccccc2)cc2ccc(Br)cc21. The quantitative estimate of drug-likeness (QED) is 0.536. The topological polar surface area (TPSA) is 31.2 Å². The van der Waals surface area contributed by atoms with E-state index < -0.39 is 5.60 Å². The number of nitrogens with zero attached hydrogens (tertiary/aromatic N) is 1. The number of benzene rings is 2. The van der Waals surface area contributed by atoms with Gasteiger partial charge in [-0.05, 0) is 44.5 Å². The van der Waals surface area contributed by atoms with E-state index in [0.29, 0.717) is 0 Å². The average Bonchev–Trinajstić information content (AvgIpc) is 2.85. The maximum absolute atomic E-state index is 12.8. The lowest BCUT2D eigenvalue weighted by Crippen LogP contribution is -2.27. The Morgan fingerprint density at radius 2 is 1.74 bits per heavy atom. The highest BCUT2D eigenvalue weighted by molar-refractivity contribution is 9.10. The van der Waals surface area contributed by atoms with Gasteiger partial charge in [0.1, 0.15) is 5.60 Å². The van der Waals surface area contributed by atoms with E-state index in [1.165, 1.54) is 0 Å². The Morgan fingerprint density at radius 1 is 1.04 bits per heavy atom. The van der Waals surface area contributed by atoms with Gasteiger partial charge in [-0.15, -0.1) is 0 Å². The number of hydrogen-bond acceptors (Lipinski definition) is 2. The van der Waals surface area contributed by atoms with Crippen LogP contribution in [0.3, 0.4) is 0 Å². The standard InChI is InChI=1S/C19H18BrNO2/c1-19(2,3)23-18(22)21-16(13-7-5-4-6-8-13)11-14-9-10-15(20)12-17(14)21/h4-12H,1-3H3. The number of aromatic nitrogens is 1. The predicted molar refractivity (Wildman–Crippen MR) is 96.7 cm³/mol. The van der Waals surface area contributed by atoms with Crippen molar-refractivity contribution in [1.82, 2.24) is 4.57 Å². The van der Waals surface area contributed by atoms with Crippen LogP contribution in [0.15, 0.2) is 59.1 Å². The maximum atomic E-state index is 12.8.